The van der Waals surface area contributed by atoms with Gasteiger partial charge < -0.3 is 15.4 Å². The Morgan fingerprint density at radius 2 is 2.07 bits per heavy atom. The topological polar surface area (TPSA) is 78.0 Å². The van der Waals surface area contributed by atoms with Gasteiger partial charge in [-0.3, -0.25) is 0 Å². The van der Waals surface area contributed by atoms with Crippen molar-refractivity contribution in [3.63, 3.8) is 0 Å². The molecule has 5 rings (SSSR count). The number of anilines is 2. The average Bonchev–Trinajstić information content (AvgIpc) is 3.47. The van der Waals surface area contributed by atoms with E-state index in [9.17, 15) is 9.90 Å². The van der Waals surface area contributed by atoms with Crippen LogP contribution in [-0.2, 0) is 0 Å². The van der Waals surface area contributed by atoms with Gasteiger partial charge in [-0.15, -0.1) is 0 Å². The third-order valence-corrected chi connectivity index (χ3v) is 5.38. The first-order valence-electron chi connectivity index (χ1n) is 9.67. The fourth-order valence-electron chi connectivity index (χ4n) is 3.70. The molecule has 0 atom stereocenters. The van der Waals surface area contributed by atoms with Gasteiger partial charge in [0.1, 0.15) is 11.4 Å². The van der Waals surface area contributed by atoms with Gasteiger partial charge in [-0.25, -0.2) is 9.78 Å². The van der Waals surface area contributed by atoms with E-state index in [0.717, 1.165) is 53.5 Å². The fraction of sp³-hybridized carbons (Fsp3) is 0.217. The van der Waals surface area contributed by atoms with Crippen molar-refractivity contribution in [2.75, 3.05) is 5.32 Å². The van der Waals surface area contributed by atoms with Crippen LogP contribution >= 0.6 is 0 Å². The Morgan fingerprint density at radius 3 is 2.82 bits per heavy atom. The second kappa shape index (κ2) is 6.68. The number of aromatic amines is 1. The summed E-state index contributed by atoms with van der Waals surface area (Å²) in [5.74, 6) is -0.110. The van der Waals surface area contributed by atoms with Gasteiger partial charge in [0.05, 0.1) is 0 Å². The molecular weight excluding hydrogens is 350 g/mol. The van der Waals surface area contributed by atoms with Gasteiger partial charge in [0.25, 0.3) is 0 Å². The zero-order valence-corrected chi connectivity index (χ0v) is 15.4. The van der Waals surface area contributed by atoms with Crippen molar-refractivity contribution < 1.29 is 9.90 Å². The Labute approximate surface area is 162 Å². The number of aromatic carboxylic acids is 1. The Morgan fingerprint density at radius 1 is 1.18 bits per heavy atom. The standard InChI is InChI=1S/C23H21N3O2/c27-23(28)19-11-17(14-6-7-14)13-24-22(19)25-18-8-9-20-16(10-18)12-21(26-20)15-4-2-1-3-5-15/h2,4-5,8-14,26H,1,3,6-7H2,(H,24,25)(H,27,28). The highest BCUT2D eigenvalue weighted by Gasteiger charge is 2.26. The summed E-state index contributed by atoms with van der Waals surface area (Å²) in [4.78, 5) is 19.6. The van der Waals surface area contributed by atoms with E-state index >= 15 is 0 Å². The number of benzene rings is 1. The molecule has 2 aliphatic rings. The van der Waals surface area contributed by atoms with E-state index in [0.29, 0.717) is 11.7 Å². The van der Waals surface area contributed by atoms with Gasteiger partial charge in [0, 0.05) is 28.5 Å². The molecule has 2 aromatic heterocycles. The summed E-state index contributed by atoms with van der Waals surface area (Å²) in [7, 11) is 0. The molecule has 0 amide bonds. The monoisotopic (exact) mass is 371 g/mol. The lowest BCUT2D eigenvalue weighted by Crippen LogP contribution is -2.06. The lowest BCUT2D eigenvalue weighted by molar-refractivity contribution is 0.0697. The predicted octanol–water partition coefficient (Wildman–Crippen LogP) is 5.62. The first kappa shape index (κ1) is 16.8. The van der Waals surface area contributed by atoms with E-state index < -0.39 is 5.97 Å². The lowest BCUT2D eigenvalue weighted by Gasteiger charge is -2.10. The van der Waals surface area contributed by atoms with Crippen LogP contribution in [-0.4, -0.2) is 21.0 Å². The molecule has 5 heteroatoms. The molecule has 1 saturated carbocycles. The highest BCUT2D eigenvalue weighted by Crippen LogP contribution is 2.40. The zero-order chi connectivity index (χ0) is 19.1. The Hall–Kier alpha value is -3.34. The van der Waals surface area contributed by atoms with Crippen LogP contribution in [0.3, 0.4) is 0 Å². The number of allylic oxidation sites excluding steroid dienone is 4. The maximum Gasteiger partial charge on any atom is 0.339 e. The van der Waals surface area contributed by atoms with Crippen molar-refractivity contribution >= 4 is 34.0 Å². The van der Waals surface area contributed by atoms with Crippen molar-refractivity contribution in [3.05, 3.63) is 71.6 Å². The Balaban J connectivity index is 1.46. The van der Waals surface area contributed by atoms with Crippen molar-refractivity contribution in [1.29, 1.82) is 0 Å². The summed E-state index contributed by atoms with van der Waals surface area (Å²) in [5.41, 5.74) is 5.42. The number of nitrogens with one attached hydrogen (secondary N) is 2. The second-order valence-electron chi connectivity index (χ2n) is 7.49. The quantitative estimate of drug-likeness (QED) is 0.544. The first-order chi connectivity index (χ1) is 13.7. The molecule has 1 fully saturated rings. The molecule has 0 bridgehead atoms. The minimum absolute atomic E-state index is 0.219. The number of nitrogens with zero attached hydrogens (tertiary/aromatic N) is 1. The summed E-state index contributed by atoms with van der Waals surface area (Å²) in [6.07, 6.45) is 12.8. The first-order valence-corrected chi connectivity index (χ1v) is 9.67. The van der Waals surface area contributed by atoms with Crippen molar-refractivity contribution in [3.8, 4) is 0 Å². The van der Waals surface area contributed by atoms with Crippen LogP contribution in [0.2, 0.25) is 0 Å². The van der Waals surface area contributed by atoms with E-state index in [4.69, 9.17) is 0 Å². The number of carboxylic acid groups (broad SMARTS) is 1. The van der Waals surface area contributed by atoms with Crippen molar-refractivity contribution in [2.45, 2.75) is 31.6 Å². The highest BCUT2D eigenvalue weighted by molar-refractivity contribution is 5.95. The number of hydrogen-bond acceptors (Lipinski definition) is 3. The summed E-state index contributed by atoms with van der Waals surface area (Å²) >= 11 is 0. The predicted molar refractivity (Wildman–Crippen MR) is 111 cm³/mol. The van der Waals surface area contributed by atoms with Gasteiger partial charge in [0.2, 0.25) is 0 Å². The van der Waals surface area contributed by atoms with E-state index in [-0.39, 0.29) is 5.56 Å². The number of hydrogen-bond donors (Lipinski definition) is 3. The van der Waals surface area contributed by atoms with E-state index in [1.165, 1.54) is 5.57 Å². The Kier molecular flexibility index (Phi) is 4.01. The molecule has 2 heterocycles. The van der Waals surface area contributed by atoms with Crippen LogP contribution in [0.1, 0.15) is 53.2 Å². The van der Waals surface area contributed by atoms with Crippen LogP contribution in [0.25, 0.3) is 16.5 Å². The molecule has 2 aliphatic carbocycles. The molecule has 3 aromatic rings. The number of carboxylic acids is 1. The fourth-order valence-corrected chi connectivity index (χ4v) is 3.70. The highest BCUT2D eigenvalue weighted by atomic mass is 16.4. The van der Waals surface area contributed by atoms with Gasteiger partial charge >= 0.3 is 5.97 Å². The van der Waals surface area contributed by atoms with Crippen LogP contribution < -0.4 is 5.32 Å². The SMILES string of the molecule is O=C(O)c1cc(C2CC2)cnc1Nc1ccc2[nH]c(C3=CCCC=C3)cc2c1. The molecule has 28 heavy (non-hydrogen) atoms. The molecule has 0 saturated heterocycles. The van der Waals surface area contributed by atoms with E-state index in [1.807, 2.05) is 18.2 Å². The second-order valence-corrected chi connectivity index (χ2v) is 7.49. The molecular formula is C23H21N3O2. The Bertz CT molecular complexity index is 1140. The maximum atomic E-state index is 11.7. The van der Waals surface area contributed by atoms with Crippen LogP contribution in [0, 0.1) is 0 Å². The molecule has 140 valence electrons. The van der Waals surface area contributed by atoms with Crippen molar-refractivity contribution in [2.24, 2.45) is 0 Å². The molecule has 0 spiro atoms. The third-order valence-electron chi connectivity index (χ3n) is 5.38. The van der Waals surface area contributed by atoms with Gasteiger partial charge in [-0.2, -0.15) is 0 Å². The lowest BCUT2D eigenvalue weighted by atomic mass is 10.0. The van der Waals surface area contributed by atoms with Crippen LogP contribution in [0.4, 0.5) is 11.5 Å². The van der Waals surface area contributed by atoms with Gasteiger partial charge in [-0.1, -0.05) is 18.2 Å². The summed E-state index contributed by atoms with van der Waals surface area (Å²) in [6, 6.07) is 9.85. The minimum Gasteiger partial charge on any atom is -0.478 e. The maximum absolute atomic E-state index is 11.7. The third kappa shape index (κ3) is 3.20. The summed E-state index contributed by atoms with van der Waals surface area (Å²) in [6.45, 7) is 0. The summed E-state index contributed by atoms with van der Waals surface area (Å²) in [5, 5.41) is 13.9. The zero-order valence-electron chi connectivity index (χ0n) is 15.4. The number of rotatable bonds is 5. The van der Waals surface area contributed by atoms with Crippen LogP contribution in [0.15, 0.2) is 54.8 Å². The number of pyridine rings is 1. The minimum atomic E-state index is -0.960. The molecule has 0 aliphatic heterocycles. The average molecular weight is 371 g/mol. The largest absolute Gasteiger partial charge is 0.478 e. The van der Waals surface area contributed by atoms with Crippen LogP contribution in [0.5, 0.6) is 0 Å². The molecule has 0 radical (unpaired) electrons. The molecule has 5 nitrogen and oxygen atoms in total. The molecule has 0 unspecified atom stereocenters. The number of fused-ring (bicyclic) bond motifs is 1. The van der Waals surface area contributed by atoms with Crippen molar-refractivity contribution in [1.82, 2.24) is 9.97 Å². The number of H-pyrrole nitrogens is 1. The van der Waals surface area contributed by atoms with E-state index in [2.05, 4.69) is 39.6 Å². The summed E-state index contributed by atoms with van der Waals surface area (Å²) < 4.78 is 0. The molecule has 1 aromatic carbocycles. The smallest absolute Gasteiger partial charge is 0.339 e. The number of aromatic nitrogens is 2. The van der Waals surface area contributed by atoms with Gasteiger partial charge in [0.15, 0.2) is 0 Å². The molecule has 3 N–H and O–H groups in total. The number of carbonyl (C=O) groups is 1. The van der Waals surface area contributed by atoms with Gasteiger partial charge in [-0.05, 0) is 73.1 Å². The van der Waals surface area contributed by atoms with E-state index in [1.54, 1.807) is 12.3 Å². The normalized spacial score (nSPS) is 16.2.